The monoisotopic (exact) mass is 267 g/mol. The number of nitrogens with two attached hydrogens (primary N) is 1. The fourth-order valence-corrected chi connectivity index (χ4v) is 3.37. The summed E-state index contributed by atoms with van der Waals surface area (Å²) in [4.78, 5) is 1.49. The molecule has 1 aliphatic rings. The van der Waals surface area contributed by atoms with Crippen LogP contribution in [-0.2, 0) is 6.42 Å². The highest BCUT2D eigenvalue weighted by Crippen LogP contribution is 2.33. The van der Waals surface area contributed by atoms with Gasteiger partial charge in [-0.05, 0) is 66.1 Å². The van der Waals surface area contributed by atoms with Crippen molar-refractivity contribution in [2.24, 2.45) is 0 Å². The van der Waals surface area contributed by atoms with Crippen molar-refractivity contribution < 1.29 is 0 Å². The SMILES string of the molecule is CC1=C/C(=C\c2cccc(N)c2)c2ccsc2CC1. The Morgan fingerprint density at radius 2 is 2.11 bits per heavy atom. The van der Waals surface area contributed by atoms with E-state index in [1.165, 1.54) is 21.6 Å². The zero-order valence-electron chi connectivity index (χ0n) is 11.0. The molecule has 0 atom stereocenters. The molecular weight excluding hydrogens is 250 g/mol. The molecule has 0 saturated heterocycles. The highest BCUT2D eigenvalue weighted by Gasteiger charge is 2.12. The van der Waals surface area contributed by atoms with E-state index in [0.717, 1.165) is 24.1 Å². The molecule has 96 valence electrons. The fraction of sp³-hybridized carbons (Fsp3) is 0.176. The van der Waals surface area contributed by atoms with E-state index in [9.17, 15) is 0 Å². The molecule has 1 aromatic carbocycles. The van der Waals surface area contributed by atoms with Crippen LogP contribution in [0, 0.1) is 0 Å². The molecule has 2 N–H and O–H groups in total. The Hall–Kier alpha value is -1.80. The molecule has 19 heavy (non-hydrogen) atoms. The highest BCUT2D eigenvalue weighted by atomic mass is 32.1. The third-order valence-corrected chi connectivity index (χ3v) is 4.42. The minimum Gasteiger partial charge on any atom is -0.399 e. The first kappa shape index (κ1) is 12.2. The summed E-state index contributed by atoms with van der Waals surface area (Å²) in [6.45, 7) is 2.21. The lowest BCUT2D eigenvalue weighted by molar-refractivity contribution is 0.966. The van der Waals surface area contributed by atoms with Crippen LogP contribution < -0.4 is 5.73 Å². The first-order valence-corrected chi connectivity index (χ1v) is 7.41. The molecular formula is C17H17NS. The summed E-state index contributed by atoms with van der Waals surface area (Å²) in [6.07, 6.45) is 6.85. The van der Waals surface area contributed by atoms with E-state index < -0.39 is 0 Å². The summed E-state index contributed by atoms with van der Waals surface area (Å²) in [5.41, 5.74) is 12.0. The number of allylic oxidation sites excluding steroid dienone is 3. The molecule has 0 spiro atoms. The third kappa shape index (κ3) is 2.64. The van der Waals surface area contributed by atoms with Crippen molar-refractivity contribution in [3.05, 3.63) is 63.4 Å². The van der Waals surface area contributed by atoms with Crippen LogP contribution in [0.15, 0.2) is 47.4 Å². The zero-order valence-corrected chi connectivity index (χ0v) is 11.8. The van der Waals surface area contributed by atoms with Gasteiger partial charge in [0.2, 0.25) is 0 Å². The van der Waals surface area contributed by atoms with Gasteiger partial charge in [0.15, 0.2) is 0 Å². The second kappa shape index (κ2) is 5.06. The maximum absolute atomic E-state index is 5.85. The van der Waals surface area contributed by atoms with Gasteiger partial charge in [0, 0.05) is 10.6 Å². The van der Waals surface area contributed by atoms with Crippen LogP contribution in [0.5, 0.6) is 0 Å². The normalized spacial score (nSPS) is 16.9. The number of fused-ring (bicyclic) bond motifs is 1. The van der Waals surface area contributed by atoms with Gasteiger partial charge in [-0.25, -0.2) is 0 Å². The molecule has 0 bridgehead atoms. The van der Waals surface area contributed by atoms with Gasteiger partial charge in [0.1, 0.15) is 0 Å². The summed E-state index contributed by atoms with van der Waals surface area (Å²) in [5.74, 6) is 0. The Morgan fingerprint density at radius 3 is 2.95 bits per heavy atom. The number of aryl methyl sites for hydroxylation is 1. The average Bonchev–Trinajstić information content (AvgIpc) is 2.79. The lowest BCUT2D eigenvalue weighted by Crippen LogP contribution is -1.86. The van der Waals surface area contributed by atoms with Gasteiger partial charge in [-0.2, -0.15) is 0 Å². The smallest absolute Gasteiger partial charge is 0.0319 e. The van der Waals surface area contributed by atoms with Crippen molar-refractivity contribution in [3.8, 4) is 0 Å². The standard InChI is InChI=1S/C17H17NS/c1-12-5-6-17-16(7-8-19-17)14(9-12)10-13-3-2-4-15(18)11-13/h2-4,7-11H,5-6,18H2,1H3/b14-10+. The van der Waals surface area contributed by atoms with Gasteiger partial charge in [-0.3, -0.25) is 0 Å². The Balaban J connectivity index is 2.10. The first-order valence-electron chi connectivity index (χ1n) is 6.53. The summed E-state index contributed by atoms with van der Waals surface area (Å²) in [5, 5.41) is 2.19. The van der Waals surface area contributed by atoms with E-state index in [4.69, 9.17) is 5.73 Å². The third-order valence-electron chi connectivity index (χ3n) is 3.44. The molecule has 0 aliphatic heterocycles. The van der Waals surface area contributed by atoms with Crippen LogP contribution >= 0.6 is 11.3 Å². The van der Waals surface area contributed by atoms with E-state index in [0.29, 0.717) is 0 Å². The molecule has 1 aliphatic carbocycles. The molecule has 3 rings (SSSR count). The second-order valence-corrected chi connectivity index (χ2v) is 6.02. The van der Waals surface area contributed by atoms with Crippen molar-refractivity contribution in [1.29, 1.82) is 0 Å². The minimum atomic E-state index is 0.814. The number of nitrogen functional groups attached to an aromatic ring is 1. The molecule has 1 nitrogen and oxygen atoms in total. The number of benzene rings is 1. The molecule has 0 fully saturated rings. The minimum absolute atomic E-state index is 0.814. The molecule has 0 amide bonds. The van der Waals surface area contributed by atoms with Crippen LogP contribution in [0.4, 0.5) is 5.69 Å². The van der Waals surface area contributed by atoms with Crippen molar-refractivity contribution >= 4 is 28.7 Å². The van der Waals surface area contributed by atoms with Crippen LogP contribution in [-0.4, -0.2) is 0 Å². The maximum Gasteiger partial charge on any atom is 0.0319 e. The largest absolute Gasteiger partial charge is 0.399 e. The lowest BCUT2D eigenvalue weighted by atomic mass is 10.0. The van der Waals surface area contributed by atoms with E-state index in [1.807, 2.05) is 29.5 Å². The fourth-order valence-electron chi connectivity index (χ4n) is 2.47. The van der Waals surface area contributed by atoms with Gasteiger partial charge < -0.3 is 5.73 Å². The molecule has 2 heteroatoms. The second-order valence-electron chi connectivity index (χ2n) is 5.02. The van der Waals surface area contributed by atoms with Crippen molar-refractivity contribution in [3.63, 3.8) is 0 Å². The predicted molar refractivity (Wildman–Crippen MR) is 85.1 cm³/mol. The number of anilines is 1. The average molecular weight is 267 g/mol. The topological polar surface area (TPSA) is 26.0 Å². The lowest BCUT2D eigenvalue weighted by Gasteiger charge is -2.03. The van der Waals surface area contributed by atoms with Crippen molar-refractivity contribution in [1.82, 2.24) is 0 Å². The van der Waals surface area contributed by atoms with Crippen LogP contribution in [0.2, 0.25) is 0 Å². The Labute approximate surface area is 118 Å². The van der Waals surface area contributed by atoms with E-state index in [1.54, 1.807) is 0 Å². The van der Waals surface area contributed by atoms with Crippen LogP contribution in [0.1, 0.15) is 29.3 Å². The first-order chi connectivity index (χ1) is 9.22. The van der Waals surface area contributed by atoms with Crippen LogP contribution in [0.3, 0.4) is 0 Å². The maximum atomic E-state index is 5.85. The number of hydrogen-bond acceptors (Lipinski definition) is 2. The number of hydrogen-bond donors (Lipinski definition) is 1. The van der Waals surface area contributed by atoms with Gasteiger partial charge in [-0.15, -0.1) is 11.3 Å². The Morgan fingerprint density at radius 1 is 1.21 bits per heavy atom. The summed E-state index contributed by atoms with van der Waals surface area (Å²) in [6, 6.07) is 10.3. The van der Waals surface area contributed by atoms with Crippen molar-refractivity contribution in [2.75, 3.05) is 5.73 Å². The quantitative estimate of drug-likeness (QED) is 0.740. The van der Waals surface area contributed by atoms with E-state index in [-0.39, 0.29) is 0 Å². The summed E-state index contributed by atoms with van der Waals surface area (Å²) >= 11 is 1.86. The molecule has 1 aromatic heterocycles. The van der Waals surface area contributed by atoms with Gasteiger partial charge in [-0.1, -0.05) is 23.8 Å². The van der Waals surface area contributed by atoms with Gasteiger partial charge in [0.25, 0.3) is 0 Å². The zero-order chi connectivity index (χ0) is 13.2. The predicted octanol–water partition coefficient (Wildman–Crippen LogP) is 4.76. The number of rotatable bonds is 1. The molecule has 1 heterocycles. The van der Waals surface area contributed by atoms with E-state index >= 15 is 0 Å². The molecule has 0 saturated carbocycles. The Kier molecular flexibility index (Phi) is 3.26. The van der Waals surface area contributed by atoms with Gasteiger partial charge in [0.05, 0.1) is 0 Å². The van der Waals surface area contributed by atoms with E-state index in [2.05, 4.69) is 36.6 Å². The summed E-state index contributed by atoms with van der Waals surface area (Å²) in [7, 11) is 0. The van der Waals surface area contributed by atoms with Gasteiger partial charge >= 0.3 is 0 Å². The molecule has 0 radical (unpaired) electrons. The highest BCUT2D eigenvalue weighted by molar-refractivity contribution is 7.10. The number of thiophene rings is 1. The summed E-state index contributed by atoms with van der Waals surface area (Å²) < 4.78 is 0. The van der Waals surface area contributed by atoms with Crippen molar-refractivity contribution in [2.45, 2.75) is 19.8 Å². The Bertz CT molecular complexity index is 661. The molecule has 0 unspecified atom stereocenters. The van der Waals surface area contributed by atoms with Crippen LogP contribution in [0.25, 0.3) is 11.6 Å². The molecule has 2 aromatic rings.